The summed E-state index contributed by atoms with van der Waals surface area (Å²) in [5, 5.41) is 0. The topological polar surface area (TPSA) is 9.23 Å². The zero-order valence-electron chi connectivity index (χ0n) is 16.7. The van der Waals surface area contributed by atoms with E-state index in [9.17, 15) is 13.2 Å². The van der Waals surface area contributed by atoms with Crippen LogP contribution < -0.4 is 24.0 Å². The number of benzene rings is 2. The standard InChI is InChI=1S/C23H27F3NO.HI/c1-27(2)17-12-13-18(27)15-19(14-17)28-22(16-8-4-3-5-9-16)20-10-6-7-11-21(20)23(24,25)26;/h3-11,17-19,22H,12-15H2,1-2H3;1H/q+1;/p-1/t17-,18+,19?,22?;. The van der Waals surface area contributed by atoms with Gasteiger partial charge >= 0.3 is 6.18 Å². The Hall–Kier alpha value is -1.12. The first-order chi connectivity index (χ1) is 13.3. The molecule has 6 heteroatoms. The van der Waals surface area contributed by atoms with E-state index in [0.29, 0.717) is 12.1 Å². The summed E-state index contributed by atoms with van der Waals surface area (Å²) in [5.74, 6) is 0. The van der Waals surface area contributed by atoms with Crippen molar-refractivity contribution in [3.8, 4) is 0 Å². The second kappa shape index (κ2) is 8.55. The number of quaternary nitrogens is 1. The average Bonchev–Trinajstić information content (AvgIpc) is 2.84. The van der Waals surface area contributed by atoms with E-state index in [1.807, 2.05) is 30.3 Å². The van der Waals surface area contributed by atoms with Gasteiger partial charge in [0.15, 0.2) is 0 Å². The molecule has 0 aromatic heterocycles. The maximum Gasteiger partial charge on any atom is 0.416 e. The third-order valence-electron chi connectivity index (χ3n) is 6.76. The summed E-state index contributed by atoms with van der Waals surface area (Å²) >= 11 is 0. The highest BCUT2D eigenvalue weighted by molar-refractivity contribution is 5.37. The minimum atomic E-state index is -4.41. The molecule has 0 N–H and O–H groups in total. The summed E-state index contributed by atoms with van der Waals surface area (Å²) in [6.07, 6.45) is -0.981. The largest absolute Gasteiger partial charge is 1.00 e. The molecule has 2 fully saturated rings. The van der Waals surface area contributed by atoms with Gasteiger partial charge in [-0.05, 0) is 17.2 Å². The molecule has 0 spiro atoms. The van der Waals surface area contributed by atoms with Crippen molar-refractivity contribution in [2.45, 2.75) is 56.2 Å². The number of fused-ring (bicyclic) bond motifs is 2. The number of ether oxygens (including phenoxy) is 1. The summed E-state index contributed by atoms with van der Waals surface area (Å²) in [5.41, 5.74) is 0.359. The fourth-order valence-electron chi connectivity index (χ4n) is 5.08. The van der Waals surface area contributed by atoms with Crippen molar-refractivity contribution in [1.29, 1.82) is 0 Å². The first kappa shape index (κ1) is 22.6. The summed E-state index contributed by atoms with van der Waals surface area (Å²) in [6, 6.07) is 16.2. The molecule has 0 saturated carbocycles. The highest BCUT2D eigenvalue weighted by Crippen LogP contribution is 2.44. The molecule has 2 unspecified atom stereocenters. The lowest BCUT2D eigenvalue weighted by molar-refractivity contribution is -0.931. The Labute approximate surface area is 187 Å². The number of rotatable bonds is 4. The fraction of sp³-hybridized carbons (Fsp3) is 0.478. The van der Waals surface area contributed by atoms with Gasteiger partial charge in [-0.15, -0.1) is 0 Å². The van der Waals surface area contributed by atoms with Gasteiger partial charge in [-0.25, -0.2) is 0 Å². The third-order valence-corrected chi connectivity index (χ3v) is 6.76. The molecule has 2 aliphatic heterocycles. The number of hydrogen-bond acceptors (Lipinski definition) is 1. The Bertz CT molecular complexity index is 808. The molecule has 0 amide bonds. The zero-order chi connectivity index (χ0) is 19.9. The number of hydrogen-bond donors (Lipinski definition) is 0. The molecule has 2 heterocycles. The summed E-state index contributed by atoms with van der Waals surface area (Å²) in [6.45, 7) is 0. The van der Waals surface area contributed by atoms with Gasteiger partial charge in [0.2, 0.25) is 0 Å². The lowest BCUT2D eigenvalue weighted by Crippen LogP contribution is -3.00. The van der Waals surface area contributed by atoms with Crippen LogP contribution in [0.25, 0.3) is 0 Å². The van der Waals surface area contributed by atoms with Gasteiger partial charge in [0.25, 0.3) is 0 Å². The van der Waals surface area contributed by atoms with Crippen LogP contribution in [0.15, 0.2) is 54.6 Å². The molecular weight excluding hydrogens is 490 g/mol. The smallest absolute Gasteiger partial charge is 0.416 e. The second-order valence-corrected chi connectivity index (χ2v) is 8.62. The molecular formula is C23H27F3INO. The molecule has 29 heavy (non-hydrogen) atoms. The van der Waals surface area contributed by atoms with Crippen LogP contribution in [0.4, 0.5) is 13.2 Å². The second-order valence-electron chi connectivity index (χ2n) is 8.62. The highest BCUT2D eigenvalue weighted by atomic mass is 127. The Morgan fingerprint density at radius 1 is 0.897 bits per heavy atom. The monoisotopic (exact) mass is 517 g/mol. The maximum atomic E-state index is 13.7. The lowest BCUT2D eigenvalue weighted by Gasteiger charge is -2.44. The van der Waals surface area contributed by atoms with E-state index in [4.69, 9.17) is 4.74 Å². The van der Waals surface area contributed by atoms with Gasteiger partial charge in [0.05, 0.1) is 37.8 Å². The average molecular weight is 517 g/mol. The minimum Gasteiger partial charge on any atom is -1.00 e. The van der Waals surface area contributed by atoms with Crippen molar-refractivity contribution in [3.05, 3.63) is 71.3 Å². The Kier molecular flexibility index (Phi) is 6.65. The van der Waals surface area contributed by atoms with Crippen molar-refractivity contribution in [3.63, 3.8) is 0 Å². The normalized spacial score (nSPS) is 26.6. The van der Waals surface area contributed by atoms with Gasteiger partial charge in [-0.2, -0.15) is 13.2 Å². The number of nitrogens with zero attached hydrogens (tertiary/aromatic N) is 1. The lowest BCUT2D eigenvalue weighted by atomic mass is 9.94. The van der Waals surface area contributed by atoms with Crippen LogP contribution in [-0.4, -0.2) is 36.8 Å². The highest BCUT2D eigenvalue weighted by Gasteiger charge is 2.50. The van der Waals surface area contributed by atoms with Crippen molar-refractivity contribution in [2.24, 2.45) is 0 Å². The summed E-state index contributed by atoms with van der Waals surface area (Å²) < 4.78 is 48.5. The van der Waals surface area contributed by atoms with Crippen LogP contribution in [0.3, 0.4) is 0 Å². The van der Waals surface area contributed by atoms with Gasteiger partial charge in [0.1, 0.15) is 6.10 Å². The number of halogens is 4. The van der Waals surface area contributed by atoms with Gasteiger partial charge in [0, 0.05) is 25.7 Å². The Morgan fingerprint density at radius 2 is 1.45 bits per heavy atom. The summed E-state index contributed by atoms with van der Waals surface area (Å²) in [4.78, 5) is 0. The van der Waals surface area contributed by atoms with E-state index < -0.39 is 17.8 Å². The fourth-order valence-corrected chi connectivity index (χ4v) is 5.08. The van der Waals surface area contributed by atoms with Gasteiger partial charge in [-0.1, -0.05) is 48.5 Å². The van der Waals surface area contributed by atoms with Crippen LogP contribution >= 0.6 is 0 Å². The van der Waals surface area contributed by atoms with E-state index in [1.54, 1.807) is 12.1 Å². The van der Waals surface area contributed by atoms with Crippen LogP contribution in [0, 0.1) is 0 Å². The molecule has 4 atom stereocenters. The molecule has 2 aromatic rings. The Balaban J connectivity index is 0.00000240. The van der Waals surface area contributed by atoms with E-state index in [1.165, 1.54) is 18.9 Å². The van der Waals surface area contributed by atoms with E-state index in [-0.39, 0.29) is 35.6 Å². The molecule has 2 saturated heterocycles. The quantitative estimate of drug-likeness (QED) is 0.448. The maximum absolute atomic E-state index is 13.7. The predicted octanol–water partition coefficient (Wildman–Crippen LogP) is 2.59. The van der Waals surface area contributed by atoms with E-state index >= 15 is 0 Å². The van der Waals surface area contributed by atoms with E-state index in [2.05, 4.69) is 14.1 Å². The zero-order valence-corrected chi connectivity index (χ0v) is 18.9. The summed E-state index contributed by atoms with van der Waals surface area (Å²) in [7, 11) is 4.54. The predicted molar refractivity (Wildman–Crippen MR) is 103 cm³/mol. The number of piperidine rings is 1. The molecule has 2 nitrogen and oxygen atoms in total. The molecule has 2 bridgehead atoms. The molecule has 2 aromatic carbocycles. The van der Waals surface area contributed by atoms with Crippen molar-refractivity contribution < 1.29 is 46.4 Å². The van der Waals surface area contributed by atoms with Crippen molar-refractivity contribution in [2.75, 3.05) is 14.1 Å². The van der Waals surface area contributed by atoms with Crippen molar-refractivity contribution >= 4 is 0 Å². The SMILES string of the molecule is C[N+]1(C)[C@@H]2CC[C@H]1CC(OC(c1ccccc1)c1ccccc1C(F)(F)F)C2.[I-]. The first-order valence-corrected chi connectivity index (χ1v) is 9.96. The van der Waals surface area contributed by atoms with Crippen LogP contribution in [0.2, 0.25) is 0 Å². The number of alkyl halides is 3. The van der Waals surface area contributed by atoms with Gasteiger partial charge in [-0.3, -0.25) is 0 Å². The van der Waals surface area contributed by atoms with Gasteiger partial charge < -0.3 is 33.2 Å². The van der Waals surface area contributed by atoms with E-state index in [0.717, 1.165) is 29.0 Å². The van der Waals surface area contributed by atoms with Crippen molar-refractivity contribution in [1.82, 2.24) is 0 Å². The first-order valence-electron chi connectivity index (χ1n) is 9.96. The van der Waals surface area contributed by atoms with Crippen LogP contribution in [0.5, 0.6) is 0 Å². The molecule has 0 aliphatic carbocycles. The minimum absolute atomic E-state index is 0. The molecule has 158 valence electrons. The molecule has 4 rings (SSSR count). The van der Waals surface area contributed by atoms with Crippen LogP contribution in [0.1, 0.15) is 48.5 Å². The molecule has 0 radical (unpaired) electrons. The van der Waals surface area contributed by atoms with Crippen LogP contribution in [-0.2, 0) is 10.9 Å². The third kappa shape index (κ3) is 4.49. The Morgan fingerprint density at radius 3 is 2.03 bits per heavy atom. The molecule has 2 aliphatic rings.